The summed E-state index contributed by atoms with van der Waals surface area (Å²) < 4.78 is 0. The second-order valence-electron chi connectivity index (χ2n) is 3.59. The molecule has 0 saturated carbocycles. The van der Waals surface area contributed by atoms with E-state index in [1.165, 1.54) is 5.56 Å². The number of aliphatic imine (C=N–C) groups is 1. The van der Waals surface area contributed by atoms with Gasteiger partial charge in [0.05, 0.1) is 0 Å². The van der Waals surface area contributed by atoms with E-state index >= 15 is 0 Å². The molecule has 0 fully saturated rings. The van der Waals surface area contributed by atoms with Crippen LogP contribution < -0.4 is 5.73 Å². The van der Waals surface area contributed by atoms with E-state index < -0.39 is 0 Å². The number of hydrogen-bond acceptors (Lipinski definition) is 1. The number of nitrogens with zero attached hydrogens (tertiary/aromatic N) is 1. The Morgan fingerprint density at radius 3 is 2.29 bits per heavy atom. The summed E-state index contributed by atoms with van der Waals surface area (Å²) in [6.45, 7) is 6.03. The van der Waals surface area contributed by atoms with Crippen LogP contribution in [0.5, 0.6) is 0 Å². The Kier molecular flexibility index (Phi) is 3.46. The quantitative estimate of drug-likeness (QED) is 0.562. The van der Waals surface area contributed by atoms with Gasteiger partial charge >= 0.3 is 0 Å². The molecule has 0 aromatic heterocycles. The highest BCUT2D eigenvalue weighted by molar-refractivity contribution is 5.97. The number of amidine groups is 1. The van der Waals surface area contributed by atoms with Crippen molar-refractivity contribution in [2.24, 2.45) is 10.7 Å². The minimum atomic E-state index is 0.561. The largest absolute Gasteiger partial charge is 0.383 e. The Labute approximate surface area is 85.2 Å². The molecule has 0 unspecified atom stereocenters. The van der Waals surface area contributed by atoms with Crippen molar-refractivity contribution in [3.8, 4) is 0 Å². The summed E-state index contributed by atoms with van der Waals surface area (Å²) in [7, 11) is 0. The van der Waals surface area contributed by atoms with Crippen molar-refractivity contribution >= 4 is 5.84 Å². The maximum atomic E-state index is 5.80. The maximum Gasteiger partial charge on any atom is 0.130 e. The first-order chi connectivity index (χ1) is 6.59. The Hall–Kier alpha value is -1.57. The molecule has 1 rings (SSSR count). The fourth-order valence-corrected chi connectivity index (χ4v) is 0.997. The zero-order valence-electron chi connectivity index (χ0n) is 8.91. The average molecular weight is 188 g/mol. The van der Waals surface area contributed by atoms with Crippen LogP contribution in [0.25, 0.3) is 0 Å². The summed E-state index contributed by atoms with van der Waals surface area (Å²) in [6, 6.07) is 8.01. The standard InChI is InChI=1S/C12H16N2/c1-9(2)8-14-12(13)11-6-4-10(3)5-7-11/h4-8H,1-3H3,(H2,13,14). The van der Waals surface area contributed by atoms with Gasteiger partial charge in [0.25, 0.3) is 0 Å². The number of benzene rings is 1. The summed E-state index contributed by atoms with van der Waals surface area (Å²) >= 11 is 0. The smallest absolute Gasteiger partial charge is 0.130 e. The van der Waals surface area contributed by atoms with Gasteiger partial charge in [0, 0.05) is 11.8 Å². The van der Waals surface area contributed by atoms with Gasteiger partial charge in [0.2, 0.25) is 0 Å². The maximum absolute atomic E-state index is 5.80. The lowest BCUT2D eigenvalue weighted by Gasteiger charge is -1.99. The fourth-order valence-electron chi connectivity index (χ4n) is 0.997. The molecule has 0 heterocycles. The number of rotatable bonds is 2. The lowest BCUT2D eigenvalue weighted by Crippen LogP contribution is -2.12. The Morgan fingerprint density at radius 2 is 1.79 bits per heavy atom. The zero-order valence-corrected chi connectivity index (χ0v) is 8.91. The highest BCUT2D eigenvalue weighted by Crippen LogP contribution is 2.03. The summed E-state index contributed by atoms with van der Waals surface area (Å²) in [4.78, 5) is 4.16. The Morgan fingerprint density at radius 1 is 1.21 bits per heavy atom. The molecule has 2 N–H and O–H groups in total. The molecule has 0 bridgehead atoms. The van der Waals surface area contributed by atoms with Crippen molar-refractivity contribution in [3.63, 3.8) is 0 Å². The Balaban J connectivity index is 2.89. The van der Waals surface area contributed by atoms with E-state index in [4.69, 9.17) is 5.73 Å². The van der Waals surface area contributed by atoms with Crippen molar-refractivity contribution in [1.82, 2.24) is 0 Å². The molecule has 2 heteroatoms. The second-order valence-corrected chi connectivity index (χ2v) is 3.59. The van der Waals surface area contributed by atoms with Crippen LogP contribution in [0.3, 0.4) is 0 Å². The fraction of sp³-hybridized carbons (Fsp3) is 0.250. The zero-order chi connectivity index (χ0) is 10.6. The highest BCUT2D eigenvalue weighted by atomic mass is 14.8. The molecule has 0 atom stereocenters. The van der Waals surface area contributed by atoms with E-state index in [1.54, 1.807) is 6.20 Å². The molecule has 14 heavy (non-hydrogen) atoms. The first-order valence-electron chi connectivity index (χ1n) is 4.63. The molecule has 0 radical (unpaired) electrons. The number of nitrogens with two attached hydrogens (primary N) is 1. The number of allylic oxidation sites excluding steroid dienone is 1. The van der Waals surface area contributed by atoms with E-state index in [0.717, 1.165) is 11.1 Å². The molecule has 0 amide bonds. The first kappa shape index (κ1) is 10.5. The normalized spacial score (nSPS) is 11.2. The monoisotopic (exact) mass is 188 g/mol. The van der Waals surface area contributed by atoms with E-state index in [-0.39, 0.29) is 0 Å². The average Bonchev–Trinajstić information content (AvgIpc) is 2.15. The van der Waals surface area contributed by atoms with Crippen LogP contribution in [0.15, 0.2) is 41.0 Å². The summed E-state index contributed by atoms with van der Waals surface area (Å²) in [5, 5.41) is 0. The molecule has 74 valence electrons. The first-order valence-corrected chi connectivity index (χ1v) is 4.63. The van der Waals surface area contributed by atoms with Gasteiger partial charge in [-0.3, -0.25) is 0 Å². The van der Waals surface area contributed by atoms with Crippen molar-refractivity contribution in [1.29, 1.82) is 0 Å². The predicted molar refractivity (Wildman–Crippen MR) is 61.3 cm³/mol. The molecule has 0 spiro atoms. The summed E-state index contributed by atoms with van der Waals surface area (Å²) in [5.74, 6) is 0.561. The minimum Gasteiger partial charge on any atom is -0.383 e. The van der Waals surface area contributed by atoms with Gasteiger partial charge in [-0.05, 0) is 20.8 Å². The molecule has 2 nitrogen and oxygen atoms in total. The Bertz CT molecular complexity index is 354. The lowest BCUT2D eigenvalue weighted by atomic mass is 10.1. The summed E-state index contributed by atoms with van der Waals surface area (Å²) in [6.07, 6.45) is 1.77. The van der Waals surface area contributed by atoms with E-state index in [2.05, 4.69) is 4.99 Å². The molecule has 0 aliphatic carbocycles. The number of aryl methyl sites for hydroxylation is 1. The molecule has 0 aliphatic rings. The van der Waals surface area contributed by atoms with Gasteiger partial charge in [-0.1, -0.05) is 35.4 Å². The van der Waals surface area contributed by atoms with Gasteiger partial charge in [0.15, 0.2) is 0 Å². The summed E-state index contributed by atoms with van der Waals surface area (Å²) in [5.41, 5.74) is 9.13. The lowest BCUT2D eigenvalue weighted by molar-refractivity contribution is 1.32. The van der Waals surface area contributed by atoms with Crippen LogP contribution in [-0.4, -0.2) is 5.84 Å². The van der Waals surface area contributed by atoms with E-state index in [0.29, 0.717) is 5.84 Å². The highest BCUT2D eigenvalue weighted by Gasteiger charge is 1.95. The molecule has 0 aliphatic heterocycles. The minimum absolute atomic E-state index is 0.561. The van der Waals surface area contributed by atoms with Gasteiger partial charge < -0.3 is 5.73 Å². The molecule has 0 saturated heterocycles. The van der Waals surface area contributed by atoms with E-state index in [9.17, 15) is 0 Å². The van der Waals surface area contributed by atoms with Crippen LogP contribution in [0.1, 0.15) is 25.0 Å². The van der Waals surface area contributed by atoms with Crippen LogP contribution in [0.2, 0.25) is 0 Å². The number of hydrogen-bond donors (Lipinski definition) is 1. The molecule has 1 aromatic rings. The third-order valence-corrected chi connectivity index (χ3v) is 1.81. The second kappa shape index (κ2) is 4.61. The SMILES string of the molecule is CC(C)=CN=C(N)c1ccc(C)cc1. The van der Waals surface area contributed by atoms with Gasteiger partial charge in [-0.15, -0.1) is 0 Å². The van der Waals surface area contributed by atoms with Crippen LogP contribution in [-0.2, 0) is 0 Å². The molecule has 1 aromatic carbocycles. The van der Waals surface area contributed by atoms with Gasteiger partial charge in [-0.25, -0.2) is 4.99 Å². The van der Waals surface area contributed by atoms with Crippen LogP contribution in [0, 0.1) is 6.92 Å². The van der Waals surface area contributed by atoms with Crippen molar-refractivity contribution < 1.29 is 0 Å². The third kappa shape index (κ3) is 3.05. The van der Waals surface area contributed by atoms with Crippen LogP contribution >= 0.6 is 0 Å². The van der Waals surface area contributed by atoms with Gasteiger partial charge in [0.1, 0.15) is 5.84 Å². The van der Waals surface area contributed by atoms with Gasteiger partial charge in [-0.2, -0.15) is 0 Å². The van der Waals surface area contributed by atoms with Crippen molar-refractivity contribution in [2.75, 3.05) is 0 Å². The predicted octanol–water partition coefficient (Wildman–Crippen LogP) is 2.62. The van der Waals surface area contributed by atoms with Crippen molar-refractivity contribution in [3.05, 3.63) is 47.2 Å². The van der Waals surface area contributed by atoms with Crippen molar-refractivity contribution in [2.45, 2.75) is 20.8 Å². The van der Waals surface area contributed by atoms with Crippen LogP contribution in [0.4, 0.5) is 0 Å². The molecular weight excluding hydrogens is 172 g/mol. The third-order valence-electron chi connectivity index (χ3n) is 1.81. The topological polar surface area (TPSA) is 38.4 Å². The van der Waals surface area contributed by atoms with E-state index in [1.807, 2.05) is 45.0 Å². The molecular formula is C12H16N2.